The number of ether oxygens (including phenoxy) is 1. The number of para-hydroxylation sites is 2. The number of fused-ring (bicyclic) bond motifs is 1. The van der Waals surface area contributed by atoms with Gasteiger partial charge in [-0.3, -0.25) is 4.79 Å². The lowest BCUT2D eigenvalue weighted by atomic mass is 10.1. The summed E-state index contributed by atoms with van der Waals surface area (Å²) in [6.45, 7) is 5.73. The Hall–Kier alpha value is -2.36. The third-order valence-corrected chi connectivity index (χ3v) is 6.83. The van der Waals surface area contributed by atoms with Crippen LogP contribution in [0.15, 0.2) is 63.1 Å². The van der Waals surface area contributed by atoms with Crippen molar-refractivity contribution in [1.82, 2.24) is 9.71 Å². The Kier molecular flexibility index (Phi) is 7.74. The maximum Gasteiger partial charge on any atom is 0.324 e. The van der Waals surface area contributed by atoms with Gasteiger partial charge in [0.25, 0.3) is 5.22 Å². The molecule has 0 fully saturated rings. The lowest BCUT2D eigenvalue weighted by Gasteiger charge is -2.19. The van der Waals surface area contributed by atoms with Crippen LogP contribution in [-0.2, 0) is 25.3 Å². The van der Waals surface area contributed by atoms with Gasteiger partial charge in [0.05, 0.1) is 11.5 Å². The van der Waals surface area contributed by atoms with Gasteiger partial charge in [0.2, 0.25) is 10.0 Å². The molecule has 0 aliphatic heterocycles. The molecule has 0 aliphatic rings. The SMILES string of the molecule is CCOC(=O)[C@H](CC(C)C)NS(=O)(=O)c1ccc(CSc2nc3ccccc3o2)cc1. The first kappa shape index (κ1) is 23.3. The number of oxazole rings is 1. The Morgan fingerprint density at radius 3 is 2.52 bits per heavy atom. The Bertz CT molecular complexity index is 1090. The van der Waals surface area contributed by atoms with Gasteiger partial charge in [-0.2, -0.15) is 4.72 Å². The Balaban J connectivity index is 1.66. The third-order valence-electron chi connectivity index (χ3n) is 4.45. The van der Waals surface area contributed by atoms with E-state index in [0.29, 0.717) is 17.4 Å². The molecular weight excluding hydrogens is 436 g/mol. The fraction of sp³-hybridized carbons (Fsp3) is 0.364. The summed E-state index contributed by atoms with van der Waals surface area (Å²) in [6.07, 6.45) is 0.358. The van der Waals surface area contributed by atoms with Crippen molar-refractivity contribution in [3.05, 3.63) is 54.1 Å². The first-order valence-corrected chi connectivity index (χ1v) is 12.5. The minimum atomic E-state index is -3.86. The van der Waals surface area contributed by atoms with Gasteiger partial charge in [-0.05, 0) is 49.1 Å². The van der Waals surface area contributed by atoms with E-state index < -0.39 is 22.0 Å². The molecule has 0 saturated carbocycles. The van der Waals surface area contributed by atoms with Gasteiger partial charge in [0.1, 0.15) is 11.6 Å². The molecule has 1 N–H and O–H groups in total. The molecule has 0 unspecified atom stereocenters. The second-order valence-corrected chi connectivity index (χ2v) is 10.1. The number of nitrogens with one attached hydrogen (secondary N) is 1. The number of hydrogen-bond donors (Lipinski definition) is 1. The van der Waals surface area contributed by atoms with Crippen molar-refractivity contribution < 1.29 is 22.4 Å². The van der Waals surface area contributed by atoms with Gasteiger partial charge >= 0.3 is 5.97 Å². The van der Waals surface area contributed by atoms with Gasteiger partial charge in [-0.1, -0.05) is 49.9 Å². The largest absolute Gasteiger partial charge is 0.465 e. The van der Waals surface area contributed by atoms with Crippen molar-refractivity contribution in [3.8, 4) is 0 Å². The van der Waals surface area contributed by atoms with Crippen molar-refractivity contribution in [1.29, 1.82) is 0 Å². The van der Waals surface area contributed by atoms with E-state index in [1.54, 1.807) is 19.1 Å². The highest BCUT2D eigenvalue weighted by Crippen LogP contribution is 2.26. The van der Waals surface area contributed by atoms with E-state index in [1.807, 2.05) is 38.1 Å². The van der Waals surface area contributed by atoms with Crippen LogP contribution in [0, 0.1) is 5.92 Å². The highest BCUT2D eigenvalue weighted by molar-refractivity contribution is 7.98. The predicted octanol–water partition coefficient (Wildman–Crippen LogP) is 4.38. The summed E-state index contributed by atoms with van der Waals surface area (Å²) in [4.78, 5) is 16.7. The molecule has 2 aromatic carbocycles. The molecule has 7 nitrogen and oxygen atoms in total. The maximum atomic E-state index is 12.8. The predicted molar refractivity (Wildman–Crippen MR) is 120 cm³/mol. The van der Waals surface area contributed by atoms with E-state index in [1.165, 1.54) is 23.9 Å². The van der Waals surface area contributed by atoms with Crippen molar-refractivity contribution in [2.45, 2.75) is 49.1 Å². The number of esters is 1. The number of benzene rings is 2. The molecular formula is C22H26N2O5S2. The van der Waals surface area contributed by atoms with Crippen LogP contribution in [-0.4, -0.2) is 32.0 Å². The van der Waals surface area contributed by atoms with Crippen LogP contribution < -0.4 is 4.72 Å². The molecule has 1 aromatic heterocycles. The first-order chi connectivity index (χ1) is 14.8. The molecule has 0 saturated heterocycles. The van der Waals surface area contributed by atoms with Crippen molar-refractivity contribution in [2.24, 2.45) is 5.92 Å². The van der Waals surface area contributed by atoms with Gasteiger partial charge in [0, 0.05) is 5.75 Å². The number of aromatic nitrogens is 1. The summed E-state index contributed by atoms with van der Waals surface area (Å²) >= 11 is 1.44. The second kappa shape index (κ2) is 10.3. The van der Waals surface area contributed by atoms with Crippen LogP contribution in [0.4, 0.5) is 0 Å². The fourth-order valence-corrected chi connectivity index (χ4v) is 4.98. The Labute approximate surface area is 186 Å². The molecule has 166 valence electrons. The molecule has 0 bridgehead atoms. The molecule has 0 radical (unpaired) electrons. The normalized spacial score (nSPS) is 12.9. The quantitative estimate of drug-likeness (QED) is 0.353. The zero-order valence-corrected chi connectivity index (χ0v) is 19.3. The van der Waals surface area contributed by atoms with E-state index in [4.69, 9.17) is 9.15 Å². The topological polar surface area (TPSA) is 98.5 Å². The number of thioether (sulfide) groups is 1. The molecule has 0 aliphatic carbocycles. The van der Waals surface area contributed by atoms with E-state index in [9.17, 15) is 13.2 Å². The van der Waals surface area contributed by atoms with Crippen LogP contribution in [0.5, 0.6) is 0 Å². The van der Waals surface area contributed by atoms with Crippen molar-refractivity contribution in [2.75, 3.05) is 6.61 Å². The zero-order chi connectivity index (χ0) is 22.4. The molecule has 9 heteroatoms. The van der Waals surface area contributed by atoms with Crippen LogP contribution >= 0.6 is 11.8 Å². The number of sulfonamides is 1. The summed E-state index contributed by atoms with van der Waals surface area (Å²) in [5, 5.41) is 0.561. The van der Waals surface area contributed by atoms with Crippen LogP contribution in [0.3, 0.4) is 0 Å². The van der Waals surface area contributed by atoms with E-state index in [0.717, 1.165) is 16.7 Å². The lowest BCUT2D eigenvalue weighted by molar-refractivity contribution is -0.145. The highest BCUT2D eigenvalue weighted by Gasteiger charge is 2.27. The van der Waals surface area contributed by atoms with Crippen LogP contribution in [0.1, 0.15) is 32.8 Å². The van der Waals surface area contributed by atoms with Gasteiger partial charge in [-0.25, -0.2) is 13.4 Å². The molecule has 3 rings (SSSR count). The van der Waals surface area contributed by atoms with Gasteiger partial charge in [0.15, 0.2) is 5.58 Å². The van der Waals surface area contributed by atoms with Crippen LogP contribution in [0.25, 0.3) is 11.1 Å². The molecule has 0 spiro atoms. The van der Waals surface area contributed by atoms with Gasteiger partial charge in [-0.15, -0.1) is 0 Å². The fourth-order valence-electron chi connectivity index (χ4n) is 2.98. The average Bonchev–Trinajstić information content (AvgIpc) is 3.15. The van der Waals surface area contributed by atoms with Crippen LogP contribution in [0.2, 0.25) is 0 Å². The smallest absolute Gasteiger partial charge is 0.324 e. The molecule has 3 aromatic rings. The third kappa shape index (κ3) is 6.32. The number of rotatable bonds is 10. The van der Waals surface area contributed by atoms with Crippen molar-refractivity contribution in [3.63, 3.8) is 0 Å². The highest BCUT2D eigenvalue weighted by atomic mass is 32.2. The summed E-state index contributed by atoms with van der Waals surface area (Å²) < 4.78 is 38.7. The summed E-state index contributed by atoms with van der Waals surface area (Å²) in [6, 6.07) is 13.2. The van der Waals surface area contributed by atoms with E-state index in [-0.39, 0.29) is 17.4 Å². The molecule has 1 heterocycles. The number of carbonyl (C=O) groups excluding carboxylic acids is 1. The summed E-state index contributed by atoms with van der Waals surface area (Å²) in [7, 11) is -3.86. The van der Waals surface area contributed by atoms with E-state index in [2.05, 4.69) is 9.71 Å². The molecule has 0 amide bonds. The first-order valence-electron chi connectivity index (χ1n) is 10.0. The summed E-state index contributed by atoms with van der Waals surface area (Å²) in [5.74, 6) is 0.147. The number of hydrogen-bond acceptors (Lipinski definition) is 7. The molecule has 31 heavy (non-hydrogen) atoms. The Morgan fingerprint density at radius 2 is 1.87 bits per heavy atom. The minimum Gasteiger partial charge on any atom is -0.465 e. The zero-order valence-electron chi connectivity index (χ0n) is 17.7. The second-order valence-electron chi connectivity index (χ2n) is 7.44. The minimum absolute atomic E-state index is 0.0983. The maximum absolute atomic E-state index is 12.8. The summed E-state index contributed by atoms with van der Waals surface area (Å²) in [5.41, 5.74) is 2.46. The van der Waals surface area contributed by atoms with Crippen molar-refractivity contribution >= 4 is 38.9 Å². The number of carbonyl (C=O) groups is 1. The standard InChI is InChI=1S/C22H26N2O5S2/c1-4-28-21(25)19(13-15(2)3)24-31(26,27)17-11-9-16(10-12-17)14-30-22-23-18-7-5-6-8-20(18)29-22/h5-12,15,19,24H,4,13-14H2,1-3H3/t19-/m0/s1. The lowest BCUT2D eigenvalue weighted by Crippen LogP contribution is -2.42. The van der Waals surface area contributed by atoms with E-state index >= 15 is 0 Å². The Morgan fingerprint density at radius 1 is 1.16 bits per heavy atom. The monoisotopic (exact) mass is 462 g/mol. The van der Waals surface area contributed by atoms with Gasteiger partial charge < -0.3 is 9.15 Å². The average molecular weight is 463 g/mol. The number of nitrogens with zero attached hydrogens (tertiary/aromatic N) is 1. The molecule has 1 atom stereocenters.